The predicted octanol–water partition coefficient (Wildman–Crippen LogP) is 2.86. The molecule has 0 radical (unpaired) electrons. The average molecular weight is 224 g/mol. The molecule has 2 nitrogen and oxygen atoms in total. The Hall–Kier alpha value is -1.21. The zero-order chi connectivity index (χ0) is 11.1. The summed E-state index contributed by atoms with van der Waals surface area (Å²) in [6.07, 6.45) is 3.12. The quantitative estimate of drug-likeness (QED) is 0.781. The summed E-state index contributed by atoms with van der Waals surface area (Å²) in [7, 11) is 0. The van der Waals surface area contributed by atoms with Crippen molar-refractivity contribution >= 4 is 17.4 Å². The molecule has 0 fully saturated rings. The lowest BCUT2D eigenvalue weighted by Gasteiger charge is -2.05. The zero-order valence-corrected chi connectivity index (χ0v) is 9.40. The van der Waals surface area contributed by atoms with Gasteiger partial charge in [-0.15, -0.1) is 0 Å². The van der Waals surface area contributed by atoms with Crippen LogP contribution >= 0.6 is 11.8 Å². The molecule has 1 N–H and O–H groups in total. The van der Waals surface area contributed by atoms with Crippen molar-refractivity contribution < 1.29 is 4.39 Å². The molecule has 1 aromatic carbocycles. The molecule has 0 amide bonds. The van der Waals surface area contributed by atoms with E-state index in [1.807, 2.05) is 6.07 Å². The molecule has 0 unspecified atom stereocenters. The number of rotatable bonds is 5. The summed E-state index contributed by atoms with van der Waals surface area (Å²) in [4.78, 5) is 0. The summed E-state index contributed by atoms with van der Waals surface area (Å²) < 4.78 is 13.0. The van der Waals surface area contributed by atoms with Gasteiger partial charge in [0.05, 0.1) is 5.56 Å². The van der Waals surface area contributed by atoms with E-state index in [4.69, 9.17) is 5.26 Å². The normalized spacial score (nSPS) is 9.67. The van der Waals surface area contributed by atoms with Gasteiger partial charge in [0.1, 0.15) is 11.9 Å². The van der Waals surface area contributed by atoms with Gasteiger partial charge in [-0.2, -0.15) is 17.0 Å². The Morgan fingerprint density at radius 3 is 3.00 bits per heavy atom. The Labute approximate surface area is 93.5 Å². The highest BCUT2D eigenvalue weighted by Gasteiger charge is 2.01. The molecule has 0 heterocycles. The molecular formula is C11H13FN2S. The molecule has 0 saturated carbocycles. The van der Waals surface area contributed by atoms with Crippen LogP contribution in [0.2, 0.25) is 0 Å². The van der Waals surface area contributed by atoms with E-state index in [-0.39, 0.29) is 5.56 Å². The van der Waals surface area contributed by atoms with Crippen LogP contribution in [0, 0.1) is 17.1 Å². The fourth-order valence-corrected chi connectivity index (χ4v) is 1.60. The van der Waals surface area contributed by atoms with Crippen molar-refractivity contribution in [2.24, 2.45) is 0 Å². The fraction of sp³-hybridized carbons (Fsp3) is 0.364. The molecule has 80 valence electrons. The first-order chi connectivity index (χ1) is 7.27. The fourth-order valence-electron chi connectivity index (χ4n) is 1.17. The topological polar surface area (TPSA) is 35.8 Å². The third kappa shape index (κ3) is 3.80. The molecule has 0 atom stereocenters. The SMILES string of the molecule is CSCCCNc1ccc(F)c(C#N)c1. The molecule has 1 aromatic rings. The number of halogens is 1. The summed E-state index contributed by atoms with van der Waals surface area (Å²) in [6, 6.07) is 6.32. The number of anilines is 1. The van der Waals surface area contributed by atoms with E-state index in [1.54, 1.807) is 17.8 Å². The molecule has 0 spiro atoms. The van der Waals surface area contributed by atoms with Crippen LogP contribution in [0.25, 0.3) is 0 Å². The van der Waals surface area contributed by atoms with E-state index in [1.165, 1.54) is 12.1 Å². The minimum absolute atomic E-state index is 0.0878. The van der Waals surface area contributed by atoms with E-state index >= 15 is 0 Å². The summed E-state index contributed by atoms with van der Waals surface area (Å²) in [5, 5.41) is 11.8. The van der Waals surface area contributed by atoms with Crippen LogP contribution in [-0.2, 0) is 0 Å². The van der Waals surface area contributed by atoms with Gasteiger partial charge in [0.25, 0.3) is 0 Å². The average Bonchev–Trinajstić information content (AvgIpc) is 2.26. The maximum absolute atomic E-state index is 13.0. The monoisotopic (exact) mass is 224 g/mol. The first kappa shape index (κ1) is 11.9. The second kappa shape index (κ2) is 6.31. The van der Waals surface area contributed by atoms with Gasteiger partial charge in [0, 0.05) is 12.2 Å². The van der Waals surface area contributed by atoms with Gasteiger partial charge in [-0.3, -0.25) is 0 Å². The molecule has 0 aliphatic heterocycles. The lowest BCUT2D eigenvalue weighted by Crippen LogP contribution is -2.02. The number of thioether (sulfide) groups is 1. The highest BCUT2D eigenvalue weighted by Crippen LogP contribution is 2.13. The number of nitrogens with zero attached hydrogens (tertiary/aromatic N) is 1. The van der Waals surface area contributed by atoms with Gasteiger partial charge < -0.3 is 5.32 Å². The number of hydrogen-bond acceptors (Lipinski definition) is 3. The third-order valence-corrected chi connectivity index (χ3v) is 2.64. The van der Waals surface area contributed by atoms with Crippen molar-refractivity contribution in [1.82, 2.24) is 0 Å². The van der Waals surface area contributed by atoms with E-state index in [9.17, 15) is 4.39 Å². The number of nitriles is 1. The highest BCUT2D eigenvalue weighted by atomic mass is 32.2. The molecule has 15 heavy (non-hydrogen) atoms. The lowest BCUT2D eigenvalue weighted by atomic mass is 10.2. The van der Waals surface area contributed by atoms with Gasteiger partial charge in [0.2, 0.25) is 0 Å². The molecule has 0 saturated heterocycles. The van der Waals surface area contributed by atoms with Crippen LogP contribution in [0.15, 0.2) is 18.2 Å². The van der Waals surface area contributed by atoms with Crippen LogP contribution in [0.3, 0.4) is 0 Å². The molecule has 0 bridgehead atoms. The Kier molecular flexibility index (Phi) is 4.99. The van der Waals surface area contributed by atoms with Crippen LogP contribution in [-0.4, -0.2) is 18.6 Å². The predicted molar refractivity (Wildman–Crippen MR) is 62.6 cm³/mol. The smallest absolute Gasteiger partial charge is 0.141 e. The third-order valence-electron chi connectivity index (χ3n) is 1.94. The van der Waals surface area contributed by atoms with Gasteiger partial charge in [-0.05, 0) is 36.6 Å². The van der Waals surface area contributed by atoms with Crippen molar-refractivity contribution in [3.8, 4) is 6.07 Å². The van der Waals surface area contributed by atoms with Gasteiger partial charge in [0.15, 0.2) is 0 Å². The summed E-state index contributed by atoms with van der Waals surface area (Å²) >= 11 is 1.79. The summed E-state index contributed by atoms with van der Waals surface area (Å²) in [6.45, 7) is 0.845. The van der Waals surface area contributed by atoms with Gasteiger partial charge >= 0.3 is 0 Å². The number of nitrogens with one attached hydrogen (secondary N) is 1. The highest BCUT2D eigenvalue weighted by molar-refractivity contribution is 7.98. The molecule has 0 aromatic heterocycles. The van der Waals surface area contributed by atoms with Crippen molar-refractivity contribution in [3.63, 3.8) is 0 Å². The van der Waals surface area contributed by atoms with E-state index in [0.717, 1.165) is 24.4 Å². The molecule has 0 aliphatic rings. The largest absolute Gasteiger partial charge is 0.385 e. The van der Waals surface area contributed by atoms with Crippen LogP contribution < -0.4 is 5.32 Å². The summed E-state index contributed by atoms with van der Waals surface area (Å²) in [5.41, 5.74) is 0.888. The van der Waals surface area contributed by atoms with E-state index < -0.39 is 5.82 Å². The second-order valence-corrected chi connectivity index (χ2v) is 4.07. The van der Waals surface area contributed by atoms with Crippen molar-refractivity contribution in [2.45, 2.75) is 6.42 Å². The van der Waals surface area contributed by atoms with E-state index in [0.29, 0.717) is 0 Å². The number of hydrogen-bond donors (Lipinski definition) is 1. The van der Waals surface area contributed by atoms with Crippen molar-refractivity contribution in [1.29, 1.82) is 5.26 Å². The first-order valence-corrected chi connectivity index (χ1v) is 6.09. The first-order valence-electron chi connectivity index (χ1n) is 4.70. The Balaban J connectivity index is 2.52. The van der Waals surface area contributed by atoms with E-state index in [2.05, 4.69) is 11.6 Å². The van der Waals surface area contributed by atoms with Crippen LogP contribution in [0.5, 0.6) is 0 Å². The maximum Gasteiger partial charge on any atom is 0.141 e. The summed E-state index contributed by atoms with van der Waals surface area (Å²) in [5.74, 6) is 0.631. The minimum atomic E-state index is -0.466. The molecular weight excluding hydrogens is 211 g/mol. The number of benzene rings is 1. The Morgan fingerprint density at radius 2 is 2.33 bits per heavy atom. The molecule has 0 aliphatic carbocycles. The Bertz CT molecular complexity index is 360. The van der Waals surface area contributed by atoms with Crippen molar-refractivity contribution in [3.05, 3.63) is 29.6 Å². The second-order valence-electron chi connectivity index (χ2n) is 3.08. The zero-order valence-electron chi connectivity index (χ0n) is 8.59. The minimum Gasteiger partial charge on any atom is -0.385 e. The van der Waals surface area contributed by atoms with Gasteiger partial charge in [-0.1, -0.05) is 0 Å². The molecule has 4 heteroatoms. The van der Waals surface area contributed by atoms with Crippen LogP contribution in [0.1, 0.15) is 12.0 Å². The standard InChI is InChI=1S/C11H13FN2S/c1-15-6-2-5-14-10-3-4-11(12)9(7-10)8-13/h3-4,7,14H,2,5-6H2,1H3. The molecule has 1 rings (SSSR count). The Morgan fingerprint density at radius 1 is 1.53 bits per heavy atom. The van der Waals surface area contributed by atoms with Gasteiger partial charge in [-0.25, -0.2) is 4.39 Å². The maximum atomic E-state index is 13.0. The van der Waals surface area contributed by atoms with Crippen LogP contribution in [0.4, 0.5) is 10.1 Å². The van der Waals surface area contributed by atoms with Crippen molar-refractivity contribution in [2.75, 3.05) is 23.9 Å². The lowest BCUT2D eigenvalue weighted by molar-refractivity contribution is 0.624.